The average Bonchev–Trinajstić information content (AvgIpc) is 3.21. The van der Waals surface area contributed by atoms with Gasteiger partial charge >= 0.3 is 12.1 Å². The molecule has 0 spiro atoms. The van der Waals surface area contributed by atoms with Crippen LogP contribution in [-0.2, 0) is 9.59 Å². The predicted octanol–water partition coefficient (Wildman–Crippen LogP) is 3.83. The van der Waals surface area contributed by atoms with Crippen molar-refractivity contribution < 1.29 is 31.5 Å². The van der Waals surface area contributed by atoms with Crippen molar-refractivity contribution in [2.75, 3.05) is 12.4 Å². The van der Waals surface area contributed by atoms with Crippen molar-refractivity contribution in [1.82, 2.24) is 14.9 Å². The maximum Gasteiger partial charge on any atom is 0.471 e. The van der Waals surface area contributed by atoms with Crippen molar-refractivity contribution in [3.05, 3.63) is 83.7 Å². The Hall–Kier alpha value is -4.02. The van der Waals surface area contributed by atoms with Gasteiger partial charge in [-0.05, 0) is 17.7 Å². The molecule has 6 nitrogen and oxygen atoms in total. The van der Waals surface area contributed by atoms with E-state index in [1.165, 1.54) is 43.6 Å². The Morgan fingerprint density at radius 3 is 2.41 bits per heavy atom. The minimum atomic E-state index is -5.15. The number of carbonyl (C=O) groups is 2. The Morgan fingerprint density at radius 2 is 1.72 bits per heavy atom. The van der Waals surface area contributed by atoms with Crippen molar-refractivity contribution >= 4 is 23.3 Å². The summed E-state index contributed by atoms with van der Waals surface area (Å²) in [5.74, 6) is -5.69. The third-order valence-electron chi connectivity index (χ3n) is 4.34. The van der Waals surface area contributed by atoms with Crippen LogP contribution in [-0.4, -0.2) is 34.6 Å². The van der Waals surface area contributed by atoms with E-state index >= 15 is 0 Å². The summed E-state index contributed by atoms with van der Waals surface area (Å²) in [5.41, 5.74) is 0.0307. The largest absolute Gasteiger partial charge is 0.471 e. The minimum absolute atomic E-state index is 0.0428. The second kappa shape index (κ2) is 9.00. The lowest BCUT2D eigenvalue weighted by Crippen LogP contribution is -2.31. The molecule has 0 aliphatic carbocycles. The van der Waals surface area contributed by atoms with Crippen molar-refractivity contribution in [2.45, 2.75) is 6.18 Å². The van der Waals surface area contributed by atoms with Crippen LogP contribution in [0, 0.1) is 11.6 Å². The summed E-state index contributed by atoms with van der Waals surface area (Å²) in [6, 6.07) is 9.40. The number of hydrogen-bond donors (Lipinski definition) is 2. The van der Waals surface area contributed by atoms with Crippen molar-refractivity contribution in [3.63, 3.8) is 0 Å². The van der Waals surface area contributed by atoms with Crippen molar-refractivity contribution in [2.24, 2.45) is 0 Å². The van der Waals surface area contributed by atoms with Crippen LogP contribution in [0.4, 0.5) is 27.9 Å². The van der Waals surface area contributed by atoms with E-state index in [-0.39, 0.29) is 22.4 Å². The molecule has 0 saturated carbocycles. The Morgan fingerprint density at radius 1 is 1.03 bits per heavy atom. The zero-order valence-electron chi connectivity index (χ0n) is 16.4. The first-order valence-corrected chi connectivity index (χ1v) is 9.02. The van der Waals surface area contributed by atoms with Gasteiger partial charge in [0.05, 0.1) is 5.69 Å². The molecule has 0 bridgehead atoms. The Labute approximate surface area is 178 Å². The van der Waals surface area contributed by atoms with Gasteiger partial charge in [-0.3, -0.25) is 19.5 Å². The summed E-state index contributed by atoms with van der Waals surface area (Å²) in [5, 5.41) is 4.01. The van der Waals surface area contributed by atoms with Crippen molar-refractivity contribution in [1.29, 1.82) is 0 Å². The Kier molecular flexibility index (Phi) is 6.37. The van der Waals surface area contributed by atoms with Gasteiger partial charge in [-0.2, -0.15) is 13.2 Å². The Bertz CT molecular complexity index is 1200. The molecule has 0 atom stereocenters. The molecule has 32 heavy (non-hydrogen) atoms. The molecule has 0 fully saturated rings. The fourth-order valence-electron chi connectivity index (χ4n) is 2.89. The number of aromatic nitrogens is 2. The normalized spacial score (nSPS) is 11.9. The molecule has 1 heterocycles. The first-order valence-electron chi connectivity index (χ1n) is 9.02. The van der Waals surface area contributed by atoms with Crippen LogP contribution in [0.2, 0.25) is 0 Å². The number of alkyl halides is 3. The lowest BCUT2D eigenvalue weighted by molar-refractivity contribution is -0.167. The number of imidazole rings is 1. The van der Waals surface area contributed by atoms with Gasteiger partial charge in [0.25, 0.3) is 0 Å². The number of nitrogens with zero attached hydrogens (tertiary/aromatic N) is 2. The SMILES string of the molecule is CNC(=O)/C=C(\c1ccccc1-n1ccnc1NC(=O)C(F)(F)F)c1cccc(F)c1F. The van der Waals surface area contributed by atoms with Crippen molar-refractivity contribution in [3.8, 4) is 5.69 Å². The van der Waals surface area contributed by atoms with E-state index in [0.717, 1.165) is 22.9 Å². The van der Waals surface area contributed by atoms with Crippen LogP contribution in [0.1, 0.15) is 11.1 Å². The van der Waals surface area contributed by atoms with E-state index in [1.807, 2.05) is 0 Å². The number of para-hydroxylation sites is 1. The van der Waals surface area contributed by atoms with Gasteiger partial charge in [-0.25, -0.2) is 13.8 Å². The lowest BCUT2D eigenvalue weighted by atomic mass is 9.95. The van der Waals surface area contributed by atoms with Crippen LogP contribution in [0.25, 0.3) is 11.3 Å². The van der Waals surface area contributed by atoms with E-state index in [1.54, 1.807) is 11.4 Å². The number of carbonyl (C=O) groups excluding carboxylic acids is 2. The summed E-state index contributed by atoms with van der Waals surface area (Å²) in [6.07, 6.45) is -1.70. The molecule has 11 heteroatoms. The number of anilines is 1. The second-order valence-corrected chi connectivity index (χ2v) is 6.36. The molecule has 0 saturated heterocycles. The van der Waals surface area contributed by atoms with Gasteiger partial charge in [-0.1, -0.05) is 30.3 Å². The van der Waals surface area contributed by atoms with Gasteiger partial charge in [-0.15, -0.1) is 0 Å². The van der Waals surface area contributed by atoms with Gasteiger partial charge in [0.15, 0.2) is 11.6 Å². The number of benzene rings is 2. The van der Waals surface area contributed by atoms with Gasteiger partial charge in [0, 0.05) is 36.6 Å². The molecule has 2 aromatic carbocycles. The first-order chi connectivity index (χ1) is 15.1. The summed E-state index contributed by atoms with van der Waals surface area (Å²) in [7, 11) is 1.34. The topological polar surface area (TPSA) is 76.0 Å². The van der Waals surface area contributed by atoms with Gasteiger partial charge in [0.1, 0.15) is 0 Å². The molecule has 0 unspecified atom stereocenters. The predicted molar refractivity (Wildman–Crippen MR) is 106 cm³/mol. The van der Waals surface area contributed by atoms with Crippen LogP contribution < -0.4 is 10.6 Å². The minimum Gasteiger partial charge on any atom is -0.356 e. The fourth-order valence-corrected chi connectivity index (χ4v) is 2.89. The third kappa shape index (κ3) is 4.66. The molecule has 3 rings (SSSR count). The van der Waals surface area contributed by atoms with E-state index < -0.39 is 35.6 Å². The molecule has 2 amide bonds. The lowest BCUT2D eigenvalue weighted by Gasteiger charge is -2.17. The molecule has 1 aromatic heterocycles. The van der Waals surface area contributed by atoms with E-state index in [2.05, 4.69) is 10.3 Å². The molecule has 0 aliphatic heterocycles. The molecule has 166 valence electrons. The molecule has 0 aliphatic rings. The number of nitrogens with one attached hydrogen (secondary N) is 2. The quantitative estimate of drug-likeness (QED) is 0.458. The summed E-state index contributed by atoms with van der Waals surface area (Å²) in [4.78, 5) is 27.2. The highest BCUT2D eigenvalue weighted by Gasteiger charge is 2.39. The maximum atomic E-state index is 14.6. The van der Waals surface area contributed by atoms with Gasteiger partial charge in [0.2, 0.25) is 11.9 Å². The second-order valence-electron chi connectivity index (χ2n) is 6.36. The standard InChI is InChI=1S/C21H15F5N4O2/c1-27-17(31)11-14(13-6-4-7-15(22)18(13)23)12-5-2-3-8-16(12)30-10-9-28-20(30)29-19(32)21(24,25)26/h2-11H,1H3,(H,27,31)(H,28,29,32)/b14-11+. The maximum absolute atomic E-state index is 14.6. The molecule has 0 radical (unpaired) electrons. The van der Waals surface area contributed by atoms with E-state index in [9.17, 15) is 31.5 Å². The fraction of sp³-hybridized carbons (Fsp3) is 0.0952. The molecular formula is C21H15F5N4O2. The molecular weight excluding hydrogens is 435 g/mol. The van der Waals surface area contributed by atoms with Crippen LogP contribution in [0.3, 0.4) is 0 Å². The zero-order valence-corrected chi connectivity index (χ0v) is 16.4. The zero-order chi connectivity index (χ0) is 23.5. The highest BCUT2D eigenvalue weighted by molar-refractivity contribution is 6.00. The highest BCUT2D eigenvalue weighted by Crippen LogP contribution is 2.32. The van der Waals surface area contributed by atoms with Gasteiger partial charge < -0.3 is 5.32 Å². The summed E-state index contributed by atoms with van der Waals surface area (Å²) >= 11 is 0. The number of halogens is 5. The first kappa shape index (κ1) is 22.7. The van der Waals surface area contributed by atoms with Crippen LogP contribution >= 0.6 is 0 Å². The summed E-state index contributed by atoms with van der Waals surface area (Å²) in [6.45, 7) is 0. The molecule has 2 N–H and O–H groups in total. The van der Waals surface area contributed by atoms with Crippen LogP contribution in [0.15, 0.2) is 60.9 Å². The number of hydrogen-bond acceptors (Lipinski definition) is 3. The smallest absolute Gasteiger partial charge is 0.356 e. The van der Waals surface area contributed by atoms with Crippen LogP contribution in [0.5, 0.6) is 0 Å². The molecule has 3 aromatic rings. The number of likely N-dealkylation sites (N-methyl/N-ethyl adjacent to an activating group) is 1. The van der Waals surface area contributed by atoms with E-state index in [0.29, 0.717) is 0 Å². The third-order valence-corrected chi connectivity index (χ3v) is 4.34. The number of amides is 2. The Balaban J connectivity index is 2.20. The average molecular weight is 450 g/mol. The number of rotatable bonds is 5. The highest BCUT2D eigenvalue weighted by atomic mass is 19.4. The summed E-state index contributed by atoms with van der Waals surface area (Å²) < 4.78 is 67.7. The monoisotopic (exact) mass is 450 g/mol. The van der Waals surface area contributed by atoms with E-state index in [4.69, 9.17) is 0 Å².